The molecule has 0 aliphatic rings. The van der Waals surface area contributed by atoms with Crippen molar-refractivity contribution in [3.63, 3.8) is 0 Å². The number of ether oxygens (including phenoxy) is 1. The van der Waals surface area contributed by atoms with E-state index >= 15 is 0 Å². The summed E-state index contributed by atoms with van der Waals surface area (Å²) in [6, 6.07) is 3.31. The van der Waals surface area contributed by atoms with Crippen LogP contribution in [0.1, 0.15) is 62.5 Å². The Morgan fingerprint density at radius 1 is 1.37 bits per heavy atom. The molecule has 106 valence electrons. The molecular formula is C15H22ClNO2. The highest BCUT2D eigenvalue weighted by Gasteiger charge is 2.13. The van der Waals surface area contributed by atoms with Crippen molar-refractivity contribution >= 4 is 17.6 Å². The summed E-state index contributed by atoms with van der Waals surface area (Å²) >= 11 is 5.93. The maximum Gasteiger partial charge on any atom is 0.338 e. The monoisotopic (exact) mass is 283 g/mol. The minimum atomic E-state index is -0.325. The van der Waals surface area contributed by atoms with Gasteiger partial charge in [-0.05, 0) is 30.4 Å². The minimum Gasteiger partial charge on any atom is -0.462 e. The normalized spacial score (nSPS) is 12.5. The number of esters is 1. The van der Waals surface area contributed by atoms with Crippen LogP contribution in [0.3, 0.4) is 0 Å². The molecule has 0 saturated heterocycles. The standard InChI is InChI=1S/C15H22ClNO2/c1-5-6-11(4)9-19-15(18)12-7-13(10(2)3)17-14(16)8-12/h7-8,10-11H,5-6,9H2,1-4H3. The lowest BCUT2D eigenvalue weighted by Gasteiger charge is -2.12. The van der Waals surface area contributed by atoms with Crippen LogP contribution >= 0.6 is 11.6 Å². The molecule has 0 saturated carbocycles. The van der Waals surface area contributed by atoms with Crippen LogP contribution in [0.5, 0.6) is 0 Å². The molecule has 1 atom stereocenters. The van der Waals surface area contributed by atoms with E-state index in [0.717, 1.165) is 18.5 Å². The molecule has 0 aromatic carbocycles. The summed E-state index contributed by atoms with van der Waals surface area (Å²) < 4.78 is 5.31. The van der Waals surface area contributed by atoms with E-state index in [1.165, 1.54) is 0 Å². The second kappa shape index (κ2) is 7.49. The number of rotatable bonds is 6. The largest absolute Gasteiger partial charge is 0.462 e. The number of carbonyl (C=O) groups is 1. The lowest BCUT2D eigenvalue weighted by molar-refractivity contribution is 0.0443. The van der Waals surface area contributed by atoms with E-state index in [1.54, 1.807) is 12.1 Å². The molecule has 19 heavy (non-hydrogen) atoms. The van der Waals surface area contributed by atoms with E-state index in [-0.39, 0.29) is 11.9 Å². The summed E-state index contributed by atoms with van der Waals surface area (Å²) in [6.07, 6.45) is 2.15. The van der Waals surface area contributed by atoms with Crippen LogP contribution in [-0.2, 0) is 4.74 Å². The fourth-order valence-electron chi connectivity index (χ4n) is 1.81. The van der Waals surface area contributed by atoms with Gasteiger partial charge in [-0.25, -0.2) is 9.78 Å². The van der Waals surface area contributed by atoms with E-state index in [2.05, 4.69) is 18.8 Å². The van der Waals surface area contributed by atoms with E-state index in [0.29, 0.717) is 23.2 Å². The second-order valence-corrected chi connectivity index (χ2v) is 5.64. The Bertz CT molecular complexity index is 432. The molecule has 1 aromatic rings. The van der Waals surface area contributed by atoms with Gasteiger partial charge >= 0.3 is 5.97 Å². The Balaban J connectivity index is 2.71. The number of pyridine rings is 1. The zero-order valence-corrected chi connectivity index (χ0v) is 12.8. The molecule has 0 radical (unpaired) electrons. The third-order valence-electron chi connectivity index (χ3n) is 2.92. The highest BCUT2D eigenvalue weighted by molar-refractivity contribution is 6.29. The van der Waals surface area contributed by atoms with Gasteiger partial charge in [-0.1, -0.05) is 45.7 Å². The molecule has 1 aromatic heterocycles. The van der Waals surface area contributed by atoms with Gasteiger partial charge in [-0.3, -0.25) is 0 Å². The lowest BCUT2D eigenvalue weighted by Crippen LogP contribution is -2.13. The van der Waals surface area contributed by atoms with Crippen molar-refractivity contribution in [1.82, 2.24) is 4.98 Å². The van der Waals surface area contributed by atoms with Crippen LogP contribution < -0.4 is 0 Å². The summed E-state index contributed by atoms with van der Waals surface area (Å²) in [6.45, 7) is 8.67. The van der Waals surface area contributed by atoms with Gasteiger partial charge in [0, 0.05) is 5.69 Å². The van der Waals surface area contributed by atoms with Gasteiger partial charge in [-0.15, -0.1) is 0 Å². The van der Waals surface area contributed by atoms with Crippen LogP contribution in [0.15, 0.2) is 12.1 Å². The number of hydrogen-bond donors (Lipinski definition) is 0. The van der Waals surface area contributed by atoms with Crippen LogP contribution in [0.2, 0.25) is 5.15 Å². The third kappa shape index (κ3) is 5.19. The number of carbonyl (C=O) groups excluding carboxylic acids is 1. The predicted octanol–water partition coefficient (Wildman–Crippen LogP) is 4.45. The van der Waals surface area contributed by atoms with Gasteiger partial charge in [0.2, 0.25) is 0 Å². The summed E-state index contributed by atoms with van der Waals surface area (Å²) in [7, 11) is 0. The first kappa shape index (κ1) is 16.0. The smallest absolute Gasteiger partial charge is 0.338 e. The van der Waals surface area contributed by atoms with Crippen molar-refractivity contribution in [3.05, 3.63) is 28.5 Å². The average molecular weight is 284 g/mol. The summed E-state index contributed by atoms with van der Waals surface area (Å²) in [5.74, 6) is 0.286. The molecule has 1 rings (SSSR count). The number of hydrogen-bond acceptors (Lipinski definition) is 3. The highest BCUT2D eigenvalue weighted by atomic mass is 35.5. The average Bonchev–Trinajstić information content (AvgIpc) is 2.35. The maximum absolute atomic E-state index is 12.0. The molecule has 0 fully saturated rings. The quantitative estimate of drug-likeness (QED) is 0.572. The Morgan fingerprint density at radius 2 is 2.05 bits per heavy atom. The molecule has 0 N–H and O–H groups in total. The first-order chi connectivity index (χ1) is 8.93. The van der Waals surface area contributed by atoms with Crippen LogP contribution in [-0.4, -0.2) is 17.6 Å². The SMILES string of the molecule is CCCC(C)COC(=O)c1cc(Cl)nc(C(C)C)c1. The molecule has 0 spiro atoms. The number of aromatic nitrogens is 1. The van der Waals surface area contributed by atoms with Gasteiger partial charge in [0.25, 0.3) is 0 Å². The summed E-state index contributed by atoms with van der Waals surface area (Å²) in [4.78, 5) is 16.2. The fraction of sp³-hybridized carbons (Fsp3) is 0.600. The van der Waals surface area contributed by atoms with Gasteiger partial charge in [0.05, 0.1) is 12.2 Å². The number of nitrogens with zero attached hydrogens (tertiary/aromatic N) is 1. The van der Waals surface area contributed by atoms with Crippen molar-refractivity contribution in [2.24, 2.45) is 5.92 Å². The molecule has 0 aliphatic carbocycles. The van der Waals surface area contributed by atoms with Crippen molar-refractivity contribution in [2.75, 3.05) is 6.61 Å². The molecule has 0 bridgehead atoms. The maximum atomic E-state index is 12.0. The third-order valence-corrected chi connectivity index (χ3v) is 3.12. The first-order valence-corrected chi connectivity index (χ1v) is 7.16. The molecule has 1 unspecified atom stereocenters. The second-order valence-electron chi connectivity index (χ2n) is 5.25. The van der Waals surface area contributed by atoms with Gasteiger partial charge in [0.1, 0.15) is 5.15 Å². The van der Waals surface area contributed by atoms with Gasteiger partial charge in [-0.2, -0.15) is 0 Å². The topological polar surface area (TPSA) is 39.2 Å². The zero-order chi connectivity index (χ0) is 14.4. The van der Waals surface area contributed by atoms with E-state index in [4.69, 9.17) is 16.3 Å². The summed E-state index contributed by atoms with van der Waals surface area (Å²) in [5, 5.41) is 0.333. The predicted molar refractivity (Wildman–Crippen MR) is 77.7 cm³/mol. The molecule has 3 nitrogen and oxygen atoms in total. The van der Waals surface area contributed by atoms with E-state index < -0.39 is 0 Å². The first-order valence-electron chi connectivity index (χ1n) is 6.78. The molecule has 4 heteroatoms. The van der Waals surface area contributed by atoms with Crippen LogP contribution in [0, 0.1) is 5.92 Å². The van der Waals surface area contributed by atoms with E-state index in [1.807, 2.05) is 13.8 Å². The Hall–Kier alpha value is -1.09. The molecular weight excluding hydrogens is 262 g/mol. The Kier molecular flexibility index (Phi) is 6.29. The molecule has 1 heterocycles. The zero-order valence-electron chi connectivity index (χ0n) is 12.1. The number of halogens is 1. The summed E-state index contributed by atoms with van der Waals surface area (Å²) in [5.41, 5.74) is 1.29. The lowest BCUT2D eigenvalue weighted by atomic mass is 10.1. The van der Waals surface area contributed by atoms with Crippen molar-refractivity contribution < 1.29 is 9.53 Å². The minimum absolute atomic E-state index is 0.226. The fourth-order valence-corrected chi connectivity index (χ4v) is 2.02. The Morgan fingerprint density at radius 3 is 2.63 bits per heavy atom. The van der Waals surface area contributed by atoms with Crippen molar-refractivity contribution in [2.45, 2.75) is 46.5 Å². The van der Waals surface area contributed by atoms with Crippen LogP contribution in [0.4, 0.5) is 0 Å². The van der Waals surface area contributed by atoms with Gasteiger partial charge < -0.3 is 4.74 Å². The molecule has 0 aliphatic heterocycles. The Labute approximate surface area is 120 Å². The molecule has 0 amide bonds. The highest BCUT2D eigenvalue weighted by Crippen LogP contribution is 2.18. The van der Waals surface area contributed by atoms with Crippen molar-refractivity contribution in [3.8, 4) is 0 Å². The van der Waals surface area contributed by atoms with Gasteiger partial charge in [0.15, 0.2) is 0 Å². The van der Waals surface area contributed by atoms with Crippen molar-refractivity contribution in [1.29, 1.82) is 0 Å². The van der Waals surface area contributed by atoms with E-state index in [9.17, 15) is 4.79 Å². The van der Waals surface area contributed by atoms with Crippen LogP contribution in [0.25, 0.3) is 0 Å².